The third kappa shape index (κ3) is 77.8. The molecule has 29 heteroatoms. The first kappa shape index (κ1) is 81.8. The Morgan fingerprint density at radius 2 is 0.381 bits per heavy atom. The Morgan fingerprint density at radius 1 is 0.250 bits per heavy atom. The Balaban J connectivity index is 3.10. The summed E-state index contributed by atoms with van der Waals surface area (Å²) in [7, 11) is 0. The van der Waals surface area contributed by atoms with Gasteiger partial charge in [0.05, 0.1) is 324 Å². The zero-order chi connectivity index (χ0) is 60.5. The summed E-state index contributed by atoms with van der Waals surface area (Å²) in [6.45, 7) is 28.4. The molecule has 0 bridgehead atoms. The van der Waals surface area contributed by atoms with Crippen molar-refractivity contribution in [2.45, 2.75) is 32.8 Å². The normalized spacial score (nSPS) is 11.8. The fraction of sp³-hybridized carbons (Fsp3) is 0.982. The standard InChI is InChI=1S/C55H109N3O26/c1-55(2,3)84-54(59)4-6-60-8-10-62-12-14-64-16-18-66-20-22-68-24-26-70-28-30-72-32-34-74-36-38-76-40-42-78-44-46-80-48-50-82-52-53-83-51-49-81-47-45-79-43-41-77-39-37-75-35-33-73-31-29-71-27-25-69-23-21-67-19-17-65-15-13-63-11-9-61-7-5-57-58-56/h4-53H2,1-3H3. The molecule has 0 heterocycles. The Kier molecular flexibility index (Phi) is 71.4. The van der Waals surface area contributed by atoms with Gasteiger partial charge >= 0.3 is 5.97 Å². The van der Waals surface area contributed by atoms with Gasteiger partial charge in [0.2, 0.25) is 0 Å². The average molecular weight is 1230 g/mol. The number of ether oxygens (including phenoxy) is 25. The minimum absolute atomic E-state index is 0.223. The van der Waals surface area contributed by atoms with Crippen LogP contribution in [0.4, 0.5) is 0 Å². The molecule has 0 saturated carbocycles. The molecular weight excluding hydrogens is 1120 g/mol. The Labute approximate surface area is 500 Å². The fourth-order valence-electron chi connectivity index (χ4n) is 5.86. The molecule has 0 saturated heterocycles. The molecule has 0 N–H and O–H groups in total. The predicted octanol–water partition coefficient (Wildman–Crippen LogP) is 2.43. The van der Waals surface area contributed by atoms with Crippen LogP contribution in [0.2, 0.25) is 0 Å². The van der Waals surface area contributed by atoms with Gasteiger partial charge in [-0.05, 0) is 26.3 Å². The van der Waals surface area contributed by atoms with Gasteiger partial charge in [-0.3, -0.25) is 4.79 Å². The summed E-state index contributed by atoms with van der Waals surface area (Å²) in [6.07, 6.45) is 0.223. The molecule has 0 unspecified atom stereocenters. The lowest BCUT2D eigenvalue weighted by Crippen LogP contribution is -2.24. The number of carbonyl (C=O) groups excluding carboxylic acids is 1. The number of hydrogen-bond donors (Lipinski definition) is 0. The quantitative estimate of drug-likeness (QED) is 0.0278. The second-order valence-corrected chi connectivity index (χ2v) is 18.0. The highest BCUT2D eigenvalue weighted by Crippen LogP contribution is 2.08. The summed E-state index contributed by atoms with van der Waals surface area (Å²) in [5.74, 6) is -0.272. The summed E-state index contributed by atoms with van der Waals surface area (Å²) in [6, 6.07) is 0. The van der Waals surface area contributed by atoms with Gasteiger partial charge in [0.15, 0.2) is 0 Å². The molecule has 0 aromatic carbocycles. The van der Waals surface area contributed by atoms with Crippen LogP contribution in [0.3, 0.4) is 0 Å². The van der Waals surface area contributed by atoms with Crippen LogP contribution in [0.15, 0.2) is 5.11 Å². The van der Waals surface area contributed by atoms with E-state index >= 15 is 0 Å². The summed E-state index contributed by atoms with van der Waals surface area (Å²) in [5, 5.41) is 3.38. The van der Waals surface area contributed by atoms with Crippen molar-refractivity contribution in [1.82, 2.24) is 0 Å². The lowest BCUT2D eigenvalue weighted by atomic mass is 10.2. The molecule has 0 aromatic heterocycles. The molecular formula is C55H109N3O26. The summed E-state index contributed by atoms with van der Waals surface area (Å²) in [5.41, 5.74) is 7.69. The topological polar surface area (TPSA) is 297 Å². The summed E-state index contributed by atoms with van der Waals surface area (Å²) < 4.78 is 137. The molecule has 0 aromatic rings. The lowest BCUT2D eigenvalue weighted by molar-refractivity contribution is -0.156. The van der Waals surface area contributed by atoms with Crippen LogP contribution in [-0.4, -0.2) is 335 Å². The third-order valence-electron chi connectivity index (χ3n) is 9.83. The van der Waals surface area contributed by atoms with E-state index in [1.165, 1.54) is 0 Å². The zero-order valence-corrected chi connectivity index (χ0v) is 51.3. The second kappa shape index (κ2) is 73.3. The van der Waals surface area contributed by atoms with E-state index in [-0.39, 0.29) is 12.4 Å². The lowest BCUT2D eigenvalue weighted by Gasteiger charge is -2.19. The van der Waals surface area contributed by atoms with Gasteiger partial charge in [0, 0.05) is 11.5 Å². The van der Waals surface area contributed by atoms with Crippen molar-refractivity contribution >= 4 is 5.97 Å². The molecule has 0 aliphatic carbocycles. The minimum atomic E-state index is -0.484. The van der Waals surface area contributed by atoms with Gasteiger partial charge in [-0.1, -0.05) is 5.11 Å². The van der Waals surface area contributed by atoms with Crippen molar-refractivity contribution in [3.8, 4) is 0 Å². The van der Waals surface area contributed by atoms with Crippen molar-refractivity contribution in [1.29, 1.82) is 0 Å². The number of carbonyl (C=O) groups is 1. The highest BCUT2D eigenvalue weighted by Gasteiger charge is 2.15. The average Bonchev–Trinajstić information content (AvgIpc) is 3.50. The van der Waals surface area contributed by atoms with Crippen LogP contribution in [0.1, 0.15) is 27.2 Å². The van der Waals surface area contributed by atoms with E-state index in [9.17, 15) is 4.79 Å². The van der Waals surface area contributed by atoms with E-state index in [1.54, 1.807) is 0 Å². The molecule has 0 fully saturated rings. The molecule has 0 radical (unpaired) electrons. The van der Waals surface area contributed by atoms with Crippen LogP contribution < -0.4 is 0 Å². The van der Waals surface area contributed by atoms with Crippen LogP contribution in [0.5, 0.6) is 0 Å². The molecule has 0 aliphatic heterocycles. The Bertz CT molecular complexity index is 1320. The monoisotopic (exact) mass is 1230 g/mol. The maximum Gasteiger partial charge on any atom is 0.308 e. The van der Waals surface area contributed by atoms with Gasteiger partial charge in [-0.15, -0.1) is 0 Å². The predicted molar refractivity (Wildman–Crippen MR) is 304 cm³/mol. The molecule has 84 heavy (non-hydrogen) atoms. The molecule has 500 valence electrons. The van der Waals surface area contributed by atoms with Crippen LogP contribution in [0.25, 0.3) is 10.4 Å². The zero-order valence-electron chi connectivity index (χ0n) is 51.3. The van der Waals surface area contributed by atoms with Crippen molar-refractivity contribution in [3.05, 3.63) is 10.4 Å². The highest BCUT2D eigenvalue weighted by atomic mass is 16.6. The maximum absolute atomic E-state index is 11.6. The number of rotatable bonds is 75. The Hall–Kier alpha value is -2.18. The van der Waals surface area contributed by atoms with E-state index in [2.05, 4.69) is 10.0 Å². The highest BCUT2D eigenvalue weighted by molar-refractivity contribution is 5.69. The molecule has 0 spiro atoms. The minimum Gasteiger partial charge on any atom is -0.460 e. The molecule has 0 rings (SSSR count). The Morgan fingerprint density at radius 3 is 0.512 bits per heavy atom. The largest absolute Gasteiger partial charge is 0.460 e. The number of esters is 1. The van der Waals surface area contributed by atoms with Crippen LogP contribution in [0, 0.1) is 0 Å². The van der Waals surface area contributed by atoms with Crippen molar-refractivity contribution in [2.24, 2.45) is 5.11 Å². The first-order valence-electron chi connectivity index (χ1n) is 29.5. The third-order valence-corrected chi connectivity index (χ3v) is 9.83. The van der Waals surface area contributed by atoms with Crippen LogP contribution >= 0.6 is 0 Å². The first-order chi connectivity index (χ1) is 41.5. The molecule has 0 amide bonds. The number of hydrogen-bond acceptors (Lipinski definition) is 27. The van der Waals surface area contributed by atoms with Gasteiger partial charge < -0.3 is 118 Å². The van der Waals surface area contributed by atoms with E-state index in [1.807, 2.05) is 20.8 Å². The molecule has 29 nitrogen and oxygen atoms in total. The summed E-state index contributed by atoms with van der Waals surface area (Å²) in [4.78, 5) is 14.3. The van der Waals surface area contributed by atoms with Crippen LogP contribution in [-0.2, 0) is 123 Å². The van der Waals surface area contributed by atoms with Crippen molar-refractivity contribution in [2.75, 3.05) is 324 Å². The SMILES string of the molecule is CC(C)(C)OC(=O)CCOCCOCCOCCOCCOCCOCCOCCOCCOCCOCCOCCOCCOCCOCCOCCOCCOCCOCCOCCOCCOCCOCCOCCOCCN=[N+]=[N-]. The number of azide groups is 1. The van der Waals surface area contributed by atoms with Gasteiger partial charge in [-0.2, -0.15) is 0 Å². The van der Waals surface area contributed by atoms with Gasteiger partial charge in [0.25, 0.3) is 0 Å². The number of nitrogens with zero attached hydrogens (tertiary/aromatic N) is 3. The van der Waals surface area contributed by atoms with Crippen molar-refractivity contribution in [3.63, 3.8) is 0 Å². The van der Waals surface area contributed by atoms with Crippen molar-refractivity contribution < 1.29 is 123 Å². The summed E-state index contributed by atoms with van der Waals surface area (Å²) >= 11 is 0. The van der Waals surface area contributed by atoms with E-state index < -0.39 is 5.60 Å². The van der Waals surface area contributed by atoms with E-state index in [0.29, 0.717) is 324 Å². The van der Waals surface area contributed by atoms with Gasteiger partial charge in [0.1, 0.15) is 5.60 Å². The maximum atomic E-state index is 11.6. The smallest absolute Gasteiger partial charge is 0.308 e. The fourth-order valence-corrected chi connectivity index (χ4v) is 5.86. The second-order valence-electron chi connectivity index (χ2n) is 18.0. The van der Waals surface area contributed by atoms with E-state index in [4.69, 9.17) is 124 Å². The molecule has 0 atom stereocenters. The first-order valence-corrected chi connectivity index (χ1v) is 29.5. The van der Waals surface area contributed by atoms with Gasteiger partial charge in [-0.25, -0.2) is 0 Å². The van der Waals surface area contributed by atoms with E-state index in [0.717, 1.165) is 0 Å². The molecule has 0 aliphatic rings.